The Morgan fingerprint density at radius 3 is 2.50 bits per heavy atom. The lowest BCUT2D eigenvalue weighted by Crippen LogP contribution is -2.39. The van der Waals surface area contributed by atoms with Gasteiger partial charge in [-0.1, -0.05) is 29.8 Å². The van der Waals surface area contributed by atoms with Crippen LogP contribution in [0, 0.1) is 6.92 Å². The van der Waals surface area contributed by atoms with Crippen LogP contribution in [0.5, 0.6) is 5.75 Å². The smallest absolute Gasteiger partial charge is 0.226 e. The average Bonchev–Trinajstić information content (AvgIpc) is 2.70. The number of aliphatic imine (C=N–C) groups is 1. The Morgan fingerprint density at radius 1 is 1.11 bits per heavy atom. The van der Waals surface area contributed by atoms with E-state index >= 15 is 0 Å². The maximum atomic E-state index is 12.1. The van der Waals surface area contributed by atoms with Crippen LogP contribution in [0.25, 0.3) is 0 Å². The van der Waals surface area contributed by atoms with Gasteiger partial charge in [0.2, 0.25) is 5.91 Å². The molecule has 2 aromatic carbocycles. The topological polar surface area (TPSA) is 74.8 Å². The molecule has 2 rings (SSSR count). The van der Waals surface area contributed by atoms with Crippen molar-refractivity contribution in [3.05, 3.63) is 58.6 Å². The van der Waals surface area contributed by atoms with Crippen LogP contribution in [0.4, 0.5) is 5.69 Å². The largest absolute Gasteiger partial charge is 0.497 e. The van der Waals surface area contributed by atoms with E-state index in [1.165, 1.54) is 5.56 Å². The van der Waals surface area contributed by atoms with E-state index in [0.717, 1.165) is 30.0 Å². The van der Waals surface area contributed by atoms with Gasteiger partial charge in [0.15, 0.2) is 5.96 Å². The first-order valence-electron chi connectivity index (χ1n) is 9.16. The fourth-order valence-corrected chi connectivity index (χ4v) is 2.76. The fraction of sp³-hybridized carbons (Fsp3) is 0.333. The molecule has 0 atom stereocenters. The lowest BCUT2D eigenvalue weighted by atomic mass is 10.1. The number of nitrogens with zero attached hydrogens (tertiary/aromatic N) is 1. The van der Waals surface area contributed by atoms with Crippen molar-refractivity contribution in [1.82, 2.24) is 10.6 Å². The van der Waals surface area contributed by atoms with Crippen LogP contribution in [-0.2, 0) is 11.2 Å². The Balaban J connectivity index is 1.70. The van der Waals surface area contributed by atoms with Crippen LogP contribution in [0.1, 0.15) is 17.5 Å². The third kappa shape index (κ3) is 6.78. The van der Waals surface area contributed by atoms with Crippen LogP contribution in [0.15, 0.2) is 47.5 Å². The molecule has 0 aromatic heterocycles. The van der Waals surface area contributed by atoms with E-state index in [0.29, 0.717) is 23.9 Å². The van der Waals surface area contributed by atoms with Crippen molar-refractivity contribution in [2.24, 2.45) is 4.99 Å². The van der Waals surface area contributed by atoms with Gasteiger partial charge in [0, 0.05) is 37.3 Å². The number of nitrogens with one attached hydrogen (secondary N) is 3. The molecule has 150 valence electrons. The Hall–Kier alpha value is -2.73. The maximum absolute atomic E-state index is 12.1. The van der Waals surface area contributed by atoms with Gasteiger partial charge >= 0.3 is 0 Å². The molecule has 0 saturated heterocycles. The number of carbonyl (C=O) groups excluding carboxylic acids is 1. The van der Waals surface area contributed by atoms with Gasteiger partial charge in [-0.05, 0) is 48.7 Å². The van der Waals surface area contributed by atoms with Crippen LogP contribution >= 0.6 is 11.6 Å². The number of halogens is 1. The van der Waals surface area contributed by atoms with E-state index in [9.17, 15) is 4.79 Å². The number of benzene rings is 2. The summed E-state index contributed by atoms with van der Waals surface area (Å²) < 4.78 is 5.16. The van der Waals surface area contributed by atoms with Crippen LogP contribution in [0.3, 0.4) is 0 Å². The van der Waals surface area contributed by atoms with Crippen molar-refractivity contribution in [1.29, 1.82) is 0 Å². The van der Waals surface area contributed by atoms with Crippen molar-refractivity contribution in [2.45, 2.75) is 19.8 Å². The number of methoxy groups -OCH3 is 1. The lowest BCUT2D eigenvalue weighted by Gasteiger charge is -2.13. The molecule has 2 aromatic rings. The molecule has 7 heteroatoms. The Labute approximate surface area is 171 Å². The van der Waals surface area contributed by atoms with Crippen molar-refractivity contribution >= 4 is 29.2 Å². The van der Waals surface area contributed by atoms with Gasteiger partial charge in [-0.2, -0.15) is 0 Å². The monoisotopic (exact) mass is 402 g/mol. The molecular weight excluding hydrogens is 376 g/mol. The summed E-state index contributed by atoms with van der Waals surface area (Å²) in [6.07, 6.45) is 1.18. The van der Waals surface area contributed by atoms with Crippen molar-refractivity contribution in [3.8, 4) is 5.75 Å². The first kappa shape index (κ1) is 21.6. The van der Waals surface area contributed by atoms with Crippen molar-refractivity contribution in [3.63, 3.8) is 0 Å². The molecule has 3 N–H and O–H groups in total. The molecule has 0 aliphatic rings. The molecular formula is C21H27ClN4O2. The predicted octanol–water partition coefficient (Wildman–Crippen LogP) is 3.39. The van der Waals surface area contributed by atoms with Gasteiger partial charge in [0.25, 0.3) is 0 Å². The zero-order valence-corrected chi connectivity index (χ0v) is 17.3. The zero-order valence-electron chi connectivity index (χ0n) is 16.5. The van der Waals surface area contributed by atoms with Gasteiger partial charge < -0.3 is 20.7 Å². The predicted molar refractivity (Wildman–Crippen MR) is 115 cm³/mol. The highest BCUT2D eigenvalue weighted by molar-refractivity contribution is 6.31. The van der Waals surface area contributed by atoms with E-state index in [1.54, 1.807) is 20.2 Å². The zero-order chi connectivity index (χ0) is 20.4. The van der Waals surface area contributed by atoms with Gasteiger partial charge in [-0.3, -0.25) is 9.79 Å². The van der Waals surface area contributed by atoms with Crippen LogP contribution < -0.4 is 20.7 Å². The molecule has 0 aliphatic carbocycles. The summed E-state index contributed by atoms with van der Waals surface area (Å²) in [5.74, 6) is 1.44. The quantitative estimate of drug-likeness (QED) is 0.467. The highest BCUT2D eigenvalue weighted by atomic mass is 35.5. The highest BCUT2D eigenvalue weighted by Gasteiger charge is 2.07. The number of hydrogen-bond acceptors (Lipinski definition) is 3. The number of anilines is 1. The van der Waals surface area contributed by atoms with Gasteiger partial charge in [-0.25, -0.2) is 0 Å². The van der Waals surface area contributed by atoms with E-state index < -0.39 is 0 Å². The number of amides is 1. The third-order valence-electron chi connectivity index (χ3n) is 4.28. The normalized spacial score (nSPS) is 11.1. The second kappa shape index (κ2) is 11.2. The number of carbonyl (C=O) groups is 1. The first-order chi connectivity index (χ1) is 13.5. The van der Waals surface area contributed by atoms with Gasteiger partial charge in [0.05, 0.1) is 7.11 Å². The Kier molecular flexibility index (Phi) is 8.62. The second-order valence-electron chi connectivity index (χ2n) is 6.23. The molecule has 0 saturated carbocycles. The third-order valence-corrected chi connectivity index (χ3v) is 4.68. The van der Waals surface area contributed by atoms with E-state index in [4.69, 9.17) is 16.3 Å². The standard InChI is InChI=1S/C21H27ClN4O2/c1-15-18(22)5-4-6-19(15)26-20(27)12-14-25-21(23-2)24-13-11-16-7-9-17(28-3)10-8-16/h4-10H,11-14H2,1-3H3,(H,26,27)(H2,23,24,25). The van der Waals surface area contributed by atoms with Crippen LogP contribution in [-0.4, -0.2) is 39.1 Å². The summed E-state index contributed by atoms with van der Waals surface area (Å²) in [5.41, 5.74) is 2.81. The van der Waals surface area contributed by atoms with E-state index in [1.807, 2.05) is 43.3 Å². The molecule has 0 spiro atoms. The summed E-state index contributed by atoms with van der Waals surface area (Å²) in [6.45, 7) is 3.10. The minimum atomic E-state index is -0.0773. The highest BCUT2D eigenvalue weighted by Crippen LogP contribution is 2.22. The molecule has 1 amide bonds. The first-order valence-corrected chi connectivity index (χ1v) is 9.53. The molecule has 0 bridgehead atoms. The summed E-state index contributed by atoms with van der Waals surface area (Å²) in [6, 6.07) is 13.4. The summed E-state index contributed by atoms with van der Waals surface area (Å²) >= 11 is 6.08. The summed E-state index contributed by atoms with van der Waals surface area (Å²) in [7, 11) is 3.36. The minimum Gasteiger partial charge on any atom is -0.497 e. The molecule has 0 fully saturated rings. The second-order valence-corrected chi connectivity index (χ2v) is 6.64. The number of guanidine groups is 1. The Bertz CT molecular complexity index is 807. The fourth-order valence-electron chi connectivity index (χ4n) is 2.59. The van der Waals surface area contributed by atoms with E-state index in [-0.39, 0.29) is 5.91 Å². The molecule has 0 radical (unpaired) electrons. The van der Waals surface area contributed by atoms with Crippen molar-refractivity contribution < 1.29 is 9.53 Å². The molecule has 28 heavy (non-hydrogen) atoms. The van der Waals surface area contributed by atoms with Gasteiger partial charge in [0.1, 0.15) is 5.75 Å². The molecule has 0 heterocycles. The molecule has 6 nitrogen and oxygen atoms in total. The Morgan fingerprint density at radius 2 is 1.82 bits per heavy atom. The van der Waals surface area contributed by atoms with E-state index in [2.05, 4.69) is 20.9 Å². The minimum absolute atomic E-state index is 0.0773. The van der Waals surface area contributed by atoms with Crippen LogP contribution in [0.2, 0.25) is 5.02 Å². The number of rotatable bonds is 8. The summed E-state index contributed by atoms with van der Waals surface area (Å²) in [5, 5.41) is 9.91. The van der Waals surface area contributed by atoms with Crippen molar-refractivity contribution in [2.75, 3.05) is 32.6 Å². The molecule has 0 aliphatic heterocycles. The summed E-state index contributed by atoms with van der Waals surface area (Å²) in [4.78, 5) is 16.3. The molecule has 0 unspecified atom stereocenters. The van der Waals surface area contributed by atoms with Gasteiger partial charge in [-0.15, -0.1) is 0 Å². The number of hydrogen-bond donors (Lipinski definition) is 3. The maximum Gasteiger partial charge on any atom is 0.226 e. The average molecular weight is 403 g/mol. The number of ether oxygens (including phenoxy) is 1. The lowest BCUT2D eigenvalue weighted by molar-refractivity contribution is -0.116. The SMILES string of the molecule is CN=C(NCCC(=O)Nc1cccc(Cl)c1C)NCCc1ccc(OC)cc1.